The van der Waals surface area contributed by atoms with Crippen molar-refractivity contribution < 1.29 is 9.18 Å². The first-order valence-corrected chi connectivity index (χ1v) is 12.3. The van der Waals surface area contributed by atoms with E-state index < -0.39 is 11.2 Å². The zero-order chi connectivity index (χ0) is 26.2. The van der Waals surface area contributed by atoms with Gasteiger partial charge in [0, 0.05) is 40.7 Å². The Morgan fingerprint density at radius 2 is 2.08 bits per heavy atom. The Kier molecular flexibility index (Phi) is 6.45. The number of amides is 1. The van der Waals surface area contributed by atoms with Crippen LogP contribution in [0.4, 0.5) is 16.2 Å². The van der Waals surface area contributed by atoms with Crippen LogP contribution in [0.25, 0.3) is 5.82 Å². The minimum absolute atomic E-state index is 0.0110. The van der Waals surface area contributed by atoms with Crippen LogP contribution in [-0.2, 0) is 4.79 Å². The number of aromatic amines is 1. The van der Waals surface area contributed by atoms with Gasteiger partial charge in [0.2, 0.25) is 11.9 Å². The maximum absolute atomic E-state index is 13.4. The van der Waals surface area contributed by atoms with Gasteiger partial charge in [0.05, 0.1) is 18.4 Å². The number of carbonyl (C=O) groups excluding carboxylic acids is 1. The fourth-order valence-electron chi connectivity index (χ4n) is 4.82. The Morgan fingerprint density at radius 1 is 1.24 bits per heavy atom. The van der Waals surface area contributed by atoms with Crippen LogP contribution in [0.15, 0.2) is 42.9 Å². The number of nitrogens with zero attached hydrogens (tertiary/aromatic N) is 6. The third-order valence-corrected chi connectivity index (χ3v) is 6.93. The largest absolute Gasteiger partial charge is 0.349 e. The van der Waals surface area contributed by atoms with Gasteiger partial charge >= 0.3 is 0 Å². The summed E-state index contributed by atoms with van der Waals surface area (Å²) >= 11 is 0. The van der Waals surface area contributed by atoms with Gasteiger partial charge in [-0.3, -0.25) is 9.89 Å². The molecule has 1 saturated carbocycles. The van der Waals surface area contributed by atoms with Crippen molar-refractivity contribution in [2.24, 2.45) is 5.41 Å². The van der Waals surface area contributed by atoms with Gasteiger partial charge in [0.15, 0.2) is 17.5 Å². The molecule has 0 bridgehead atoms. The Bertz CT molecular complexity index is 1410. The van der Waals surface area contributed by atoms with Gasteiger partial charge in [-0.15, -0.1) is 0 Å². The first-order valence-electron chi connectivity index (χ1n) is 12.3. The second-order valence-corrected chi connectivity index (χ2v) is 10.1. The highest BCUT2D eigenvalue weighted by molar-refractivity contribution is 5.83. The van der Waals surface area contributed by atoms with E-state index in [9.17, 15) is 9.18 Å². The lowest BCUT2D eigenvalue weighted by Crippen LogP contribution is -2.38. The van der Waals surface area contributed by atoms with E-state index in [1.54, 1.807) is 12.3 Å². The summed E-state index contributed by atoms with van der Waals surface area (Å²) in [4.78, 5) is 27.0. The topological polar surface area (TPSA) is 126 Å². The van der Waals surface area contributed by atoms with Crippen LogP contribution in [0.1, 0.15) is 67.7 Å². The van der Waals surface area contributed by atoms with Crippen molar-refractivity contribution in [2.45, 2.75) is 58.9 Å². The molecule has 3 atom stereocenters. The van der Waals surface area contributed by atoms with Crippen molar-refractivity contribution in [1.82, 2.24) is 40.2 Å². The average Bonchev–Trinajstić information content (AvgIpc) is 3.59. The molecule has 1 amide bonds. The fourth-order valence-corrected chi connectivity index (χ4v) is 4.82. The predicted molar refractivity (Wildman–Crippen MR) is 136 cm³/mol. The number of H-pyrrole nitrogens is 1. The molecule has 0 aliphatic heterocycles. The van der Waals surface area contributed by atoms with Gasteiger partial charge in [0.25, 0.3) is 0 Å². The predicted octanol–water partition coefficient (Wildman–Crippen LogP) is 4.43. The number of rotatable bonds is 7. The standard InChI is InChI=1S/C26H30FN9O/c1-15-9-21(32-25(30-15)33-22-10-16(2)34-35-22)18-7-8-26(4,11-18)24(37)31-17(3)19-5-6-23(28-12-19)36-14-20(27)13-29-36/h5-6,9-10,12-14,17-18H,7-8,11H2,1-4H3,(H,31,37)(H2,30,32,33,34,35)/t17?,18-,26-/m0/s1. The molecule has 0 aromatic carbocycles. The van der Waals surface area contributed by atoms with E-state index in [2.05, 4.69) is 35.9 Å². The number of anilines is 2. The SMILES string of the molecule is Cc1cc([C@H]2CC[C@](C)(C(=O)NC(C)c3ccc(-n4cc(F)cn4)nc3)C2)nc(Nc2cc(C)[nH]n2)n1. The molecule has 10 nitrogen and oxygen atoms in total. The maximum Gasteiger partial charge on any atom is 0.228 e. The van der Waals surface area contributed by atoms with Crippen LogP contribution < -0.4 is 10.6 Å². The maximum atomic E-state index is 13.4. The van der Waals surface area contributed by atoms with E-state index in [1.807, 2.05) is 45.9 Å². The molecule has 0 saturated heterocycles. The summed E-state index contributed by atoms with van der Waals surface area (Å²) < 4.78 is 14.6. The molecule has 1 aliphatic carbocycles. The van der Waals surface area contributed by atoms with E-state index in [4.69, 9.17) is 4.98 Å². The lowest BCUT2D eigenvalue weighted by molar-refractivity contribution is -0.130. The zero-order valence-corrected chi connectivity index (χ0v) is 21.3. The van der Waals surface area contributed by atoms with Gasteiger partial charge in [-0.05, 0) is 57.7 Å². The first kappa shape index (κ1) is 24.5. The summed E-state index contributed by atoms with van der Waals surface area (Å²) in [5, 5.41) is 17.3. The molecule has 4 heterocycles. The normalized spacial score (nSPS) is 20.1. The van der Waals surface area contributed by atoms with Crippen molar-refractivity contribution in [3.63, 3.8) is 0 Å². The lowest BCUT2D eigenvalue weighted by Gasteiger charge is -2.26. The highest BCUT2D eigenvalue weighted by atomic mass is 19.1. The molecule has 0 spiro atoms. The number of pyridine rings is 1. The molecule has 4 aromatic rings. The van der Waals surface area contributed by atoms with Gasteiger partial charge in [-0.1, -0.05) is 13.0 Å². The molecular weight excluding hydrogens is 473 g/mol. The molecule has 1 fully saturated rings. The summed E-state index contributed by atoms with van der Waals surface area (Å²) in [6.07, 6.45) is 6.41. The molecule has 1 aliphatic rings. The Labute approximate surface area is 214 Å². The highest BCUT2D eigenvalue weighted by Crippen LogP contribution is 2.46. The van der Waals surface area contributed by atoms with Crippen molar-refractivity contribution in [3.05, 3.63) is 71.3 Å². The Morgan fingerprint density at radius 3 is 2.76 bits per heavy atom. The third kappa shape index (κ3) is 5.35. The number of hydrogen-bond acceptors (Lipinski definition) is 7. The molecule has 4 aromatic heterocycles. The quantitative estimate of drug-likeness (QED) is 0.340. The summed E-state index contributed by atoms with van der Waals surface area (Å²) in [7, 11) is 0. The van der Waals surface area contributed by atoms with Crippen LogP contribution in [0.5, 0.6) is 0 Å². The number of aromatic nitrogens is 7. The van der Waals surface area contributed by atoms with Crippen molar-refractivity contribution >= 4 is 17.7 Å². The van der Waals surface area contributed by atoms with Gasteiger partial charge in [-0.25, -0.2) is 24.0 Å². The minimum Gasteiger partial charge on any atom is -0.349 e. The zero-order valence-electron chi connectivity index (χ0n) is 21.3. The van der Waals surface area contributed by atoms with Gasteiger partial charge in [-0.2, -0.15) is 10.2 Å². The van der Waals surface area contributed by atoms with Crippen molar-refractivity contribution in [2.75, 3.05) is 5.32 Å². The summed E-state index contributed by atoms with van der Waals surface area (Å²) in [5.41, 5.74) is 3.09. The van der Waals surface area contributed by atoms with Crippen LogP contribution in [0.3, 0.4) is 0 Å². The molecular formula is C26H30FN9O. The van der Waals surface area contributed by atoms with Crippen LogP contribution >= 0.6 is 0 Å². The minimum atomic E-state index is -0.509. The number of aryl methyl sites for hydroxylation is 2. The fraction of sp³-hybridized carbons (Fsp3) is 0.385. The lowest BCUT2D eigenvalue weighted by atomic mass is 9.85. The molecule has 1 unspecified atom stereocenters. The van der Waals surface area contributed by atoms with E-state index in [0.29, 0.717) is 24.0 Å². The Hall–Kier alpha value is -4.15. The summed E-state index contributed by atoms with van der Waals surface area (Å²) in [6.45, 7) is 7.82. The smallest absolute Gasteiger partial charge is 0.228 e. The van der Waals surface area contributed by atoms with E-state index >= 15 is 0 Å². The summed E-state index contributed by atoms with van der Waals surface area (Å²) in [6, 6.07) is 7.28. The monoisotopic (exact) mass is 503 g/mol. The average molecular weight is 504 g/mol. The second-order valence-electron chi connectivity index (χ2n) is 10.1. The van der Waals surface area contributed by atoms with Crippen molar-refractivity contribution in [3.8, 4) is 5.82 Å². The van der Waals surface area contributed by atoms with Crippen LogP contribution in [0.2, 0.25) is 0 Å². The Balaban J connectivity index is 1.23. The number of hydrogen-bond donors (Lipinski definition) is 3. The highest BCUT2D eigenvalue weighted by Gasteiger charge is 2.42. The van der Waals surface area contributed by atoms with E-state index in [0.717, 1.165) is 41.7 Å². The molecule has 192 valence electrons. The third-order valence-electron chi connectivity index (χ3n) is 6.93. The van der Waals surface area contributed by atoms with Crippen LogP contribution in [-0.4, -0.2) is 40.8 Å². The molecule has 37 heavy (non-hydrogen) atoms. The molecule has 11 heteroatoms. The van der Waals surface area contributed by atoms with Crippen LogP contribution in [0, 0.1) is 25.1 Å². The number of carbonyl (C=O) groups is 1. The van der Waals surface area contributed by atoms with Crippen molar-refractivity contribution in [1.29, 1.82) is 0 Å². The summed E-state index contributed by atoms with van der Waals surface area (Å²) in [5.74, 6) is 1.42. The van der Waals surface area contributed by atoms with E-state index in [1.165, 1.54) is 10.9 Å². The molecule has 0 radical (unpaired) electrons. The van der Waals surface area contributed by atoms with Gasteiger partial charge in [0.1, 0.15) is 0 Å². The van der Waals surface area contributed by atoms with E-state index in [-0.39, 0.29) is 17.9 Å². The second kappa shape index (κ2) is 9.72. The van der Waals surface area contributed by atoms with Gasteiger partial charge < -0.3 is 10.6 Å². The first-order chi connectivity index (χ1) is 17.7. The number of nitrogens with one attached hydrogen (secondary N) is 3. The molecule has 3 N–H and O–H groups in total. The molecule has 5 rings (SSSR count). The number of halogens is 1.